The summed E-state index contributed by atoms with van der Waals surface area (Å²) in [5, 5.41) is 3.03. The van der Waals surface area contributed by atoms with E-state index in [4.69, 9.17) is 11.6 Å². The molecule has 0 aliphatic rings. The van der Waals surface area contributed by atoms with Crippen LogP contribution in [0.25, 0.3) is 10.1 Å². The zero-order valence-electron chi connectivity index (χ0n) is 6.48. The van der Waals surface area contributed by atoms with Gasteiger partial charge in [-0.3, -0.25) is 0 Å². The zero-order valence-corrected chi connectivity index (χ0v) is 11.8. The minimum atomic E-state index is 0.854. The Bertz CT molecular complexity index is 452. The van der Waals surface area contributed by atoms with E-state index in [0.29, 0.717) is 0 Å². The molecule has 1 aromatic carbocycles. The first-order valence-electron chi connectivity index (χ1n) is 3.65. The SMILES string of the molecule is Clc1cccc2c(CBr)c(I)sc12. The Hall–Kier alpha value is 0.680. The molecule has 2 rings (SSSR count). The van der Waals surface area contributed by atoms with E-state index in [0.717, 1.165) is 10.4 Å². The maximum Gasteiger partial charge on any atom is 0.0707 e. The highest BCUT2D eigenvalue weighted by atomic mass is 127. The fourth-order valence-corrected chi connectivity index (χ4v) is 4.91. The molecule has 4 heteroatoms. The van der Waals surface area contributed by atoms with Crippen molar-refractivity contribution in [1.82, 2.24) is 0 Å². The van der Waals surface area contributed by atoms with Gasteiger partial charge in [-0.15, -0.1) is 11.3 Å². The van der Waals surface area contributed by atoms with Crippen molar-refractivity contribution in [2.24, 2.45) is 0 Å². The normalized spacial score (nSPS) is 11.0. The second-order valence-corrected chi connectivity index (χ2v) is 6.40. The van der Waals surface area contributed by atoms with Crippen molar-refractivity contribution in [3.05, 3.63) is 31.7 Å². The second kappa shape index (κ2) is 4.04. The lowest BCUT2D eigenvalue weighted by molar-refractivity contribution is 1.52. The molecule has 0 spiro atoms. The van der Waals surface area contributed by atoms with Crippen LogP contribution < -0.4 is 0 Å². The van der Waals surface area contributed by atoms with Crippen molar-refractivity contribution in [3.8, 4) is 0 Å². The van der Waals surface area contributed by atoms with Gasteiger partial charge in [0.2, 0.25) is 0 Å². The van der Waals surface area contributed by atoms with E-state index in [-0.39, 0.29) is 0 Å². The number of rotatable bonds is 1. The van der Waals surface area contributed by atoms with Gasteiger partial charge in [-0.25, -0.2) is 0 Å². The van der Waals surface area contributed by atoms with Crippen molar-refractivity contribution < 1.29 is 0 Å². The summed E-state index contributed by atoms with van der Waals surface area (Å²) < 4.78 is 2.51. The highest BCUT2D eigenvalue weighted by Crippen LogP contribution is 2.37. The fraction of sp³-hybridized carbons (Fsp3) is 0.111. The average Bonchev–Trinajstić information content (AvgIpc) is 2.43. The Morgan fingerprint density at radius 1 is 1.46 bits per heavy atom. The minimum absolute atomic E-state index is 0.854. The average molecular weight is 387 g/mol. The summed E-state index contributed by atoms with van der Waals surface area (Å²) in [4.78, 5) is 0. The first kappa shape index (κ1) is 10.2. The van der Waals surface area contributed by atoms with E-state index < -0.39 is 0 Å². The molecule has 0 saturated heterocycles. The molecule has 0 aliphatic heterocycles. The molecule has 0 saturated carbocycles. The molecule has 0 fully saturated rings. The van der Waals surface area contributed by atoms with Gasteiger partial charge in [0, 0.05) is 5.33 Å². The fourth-order valence-electron chi connectivity index (χ4n) is 1.23. The van der Waals surface area contributed by atoms with Crippen LogP contribution in [0, 0.1) is 2.88 Å². The Kier molecular flexibility index (Phi) is 3.18. The smallest absolute Gasteiger partial charge is 0.0707 e. The van der Waals surface area contributed by atoms with Gasteiger partial charge >= 0.3 is 0 Å². The lowest BCUT2D eigenvalue weighted by Gasteiger charge is -1.94. The highest BCUT2D eigenvalue weighted by Gasteiger charge is 2.10. The highest BCUT2D eigenvalue weighted by molar-refractivity contribution is 14.1. The summed E-state index contributed by atoms with van der Waals surface area (Å²) in [7, 11) is 0. The van der Waals surface area contributed by atoms with Crippen LogP contribution >= 0.6 is 61.5 Å². The van der Waals surface area contributed by atoms with E-state index >= 15 is 0 Å². The van der Waals surface area contributed by atoms with Crippen LogP contribution in [-0.4, -0.2) is 0 Å². The van der Waals surface area contributed by atoms with Crippen molar-refractivity contribution in [2.45, 2.75) is 5.33 Å². The Balaban J connectivity index is 2.86. The summed E-state index contributed by atoms with van der Waals surface area (Å²) >= 11 is 13.7. The van der Waals surface area contributed by atoms with Crippen molar-refractivity contribution >= 4 is 71.5 Å². The van der Waals surface area contributed by atoms with Gasteiger partial charge in [-0.2, -0.15) is 0 Å². The van der Waals surface area contributed by atoms with Crippen LogP contribution in [0.4, 0.5) is 0 Å². The summed E-state index contributed by atoms with van der Waals surface area (Å²) in [5.74, 6) is 0. The van der Waals surface area contributed by atoms with Crippen molar-refractivity contribution in [2.75, 3.05) is 0 Å². The van der Waals surface area contributed by atoms with Crippen LogP contribution in [0.3, 0.4) is 0 Å². The van der Waals surface area contributed by atoms with E-state index in [9.17, 15) is 0 Å². The minimum Gasteiger partial charge on any atom is -0.127 e. The first-order chi connectivity index (χ1) is 6.24. The summed E-state index contributed by atoms with van der Waals surface area (Å²) in [5.41, 5.74) is 1.35. The van der Waals surface area contributed by atoms with E-state index in [2.05, 4.69) is 44.6 Å². The molecular weight excluding hydrogens is 382 g/mol. The van der Waals surface area contributed by atoms with E-state index in [1.807, 2.05) is 12.1 Å². The Labute approximate surface area is 108 Å². The number of hydrogen-bond acceptors (Lipinski definition) is 1. The monoisotopic (exact) mass is 386 g/mol. The molecule has 2 aromatic rings. The lowest BCUT2D eigenvalue weighted by Crippen LogP contribution is -1.75. The number of fused-ring (bicyclic) bond motifs is 1. The maximum absolute atomic E-state index is 6.09. The quantitative estimate of drug-likeness (QED) is 0.474. The second-order valence-electron chi connectivity index (χ2n) is 2.60. The molecule has 1 aromatic heterocycles. The number of thiophene rings is 1. The Morgan fingerprint density at radius 2 is 2.23 bits per heavy atom. The van der Waals surface area contributed by atoms with Crippen LogP contribution in [0.2, 0.25) is 5.02 Å². The lowest BCUT2D eigenvalue weighted by atomic mass is 10.2. The molecule has 0 unspecified atom stereocenters. The first-order valence-corrected chi connectivity index (χ1v) is 7.05. The van der Waals surface area contributed by atoms with Gasteiger partial charge in [-0.05, 0) is 39.6 Å². The van der Waals surface area contributed by atoms with Crippen LogP contribution in [-0.2, 0) is 5.33 Å². The van der Waals surface area contributed by atoms with Crippen molar-refractivity contribution in [3.63, 3.8) is 0 Å². The van der Waals surface area contributed by atoms with Gasteiger partial charge in [0.15, 0.2) is 0 Å². The molecule has 1 heterocycles. The predicted octanol–water partition coefficient (Wildman–Crippen LogP) is 5.05. The molecular formula is C9H5BrClIS. The maximum atomic E-state index is 6.09. The summed E-state index contributed by atoms with van der Waals surface area (Å²) in [6.45, 7) is 0. The van der Waals surface area contributed by atoms with Gasteiger partial charge < -0.3 is 0 Å². The molecule has 0 radical (unpaired) electrons. The molecule has 0 nitrogen and oxygen atoms in total. The summed E-state index contributed by atoms with van der Waals surface area (Å²) in [6, 6.07) is 6.06. The largest absolute Gasteiger partial charge is 0.127 e. The predicted molar refractivity (Wildman–Crippen MR) is 72.2 cm³/mol. The topological polar surface area (TPSA) is 0 Å². The molecule has 13 heavy (non-hydrogen) atoms. The zero-order chi connectivity index (χ0) is 9.42. The van der Waals surface area contributed by atoms with Gasteiger partial charge in [0.05, 0.1) is 12.6 Å². The van der Waals surface area contributed by atoms with E-state index in [1.54, 1.807) is 11.3 Å². The molecule has 0 atom stereocenters. The third-order valence-electron chi connectivity index (χ3n) is 1.85. The molecule has 0 N–H and O–H groups in total. The standard InChI is InChI=1S/C9H5BrClIS/c10-4-6-5-2-1-3-7(11)8(5)13-9(6)12/h1-3H,4H2. The van der Waals surface area contributed by atoms with Crippen LogP contribution in [0.1, 0.15) is 5.56 Å². The third kappa shape index (κ3) is 1.76. The molecule has 0 amide bonds. The number of alkyl halides is 1. The molecule has 68 valence electrons. The van der Waals surface area contributed by atoms with Crippen molar-refractivity contribution in [1.29, 1.82) is 0 Å². The van der Waals surface area contributed by atoms with Gasteiger partial charge in [-0.1, -0.05) is 39.7 Å². The van der Waals surface area contributed by atoms with Crippen LogP contribution in [0.5, 0.6) is 0 Å². The van der Waals surface area contributed by atoms with Crippen LogP contribution in [0.15, 0.2) is 18.2 Å². The number of hydrogen-bond donors (Lipinski definition) is 0. The third-order valence-corrected chi connectivity index (χ3v) is 5.22. The number of halogens is 3. The van der Waals surface area contributed by atoms with E-state index in [1.165, 1.54) is 18.5 Å². The Morgan fingerprint density at radius 3 is 2.92 bits per heavy atom. The van der Waals surface area contributed by atoms with Gasteiger partial charge in [0.25, 0.3) is 0 Å². The molecule has 0 aliphatic carbocycles. The summed E-state index contributed by atoms with van der Waals surface area (Å²) in [6.07, 6.45) is 0. The molecule has 0 bridgehead atoms. The number of benzene rings is 1. The van der Waals surface area contributed by atoms with Gasteiger partial charge in [0.1, 0.15) is 0 Å².